The van der Waals surface area contributed by atoms with E-state index in [0.29, 0.717) is 9.61 Å². The summed E-state index contributed by atoms with van der Waals surface area (Å²) in [5.74, 6) is -0.199. The lowest BCUT2D eigenvalue weighted by Gasteiger charge is -1.90. The Hall–Kier alpha value is 0.0200. The average Bonchev–Trinajstić information content (AvgIpc) is 2.10. The van der Waals surface area contributed by atoms with Crippen molar-refractivity contribution >= 4 is 37.3 Å². The number of aromatic nitrogens is 1. The molecule has 0 atom stereocenters. The van der Waals surface area contributed by atoms with Crippen molar-refractivity contribution in [1.29, 1.82) is 0 Å². The summed E-state index contributed by atoms with van der Waals surface area (Å²) in [5.41, 5.74) is 0.476. The van der Waals surface area contributed by atoms with Crippen molar-refractivity contribution in [2.24, 2.45) is 5.14 Å². The normalized spacial score (nSPS) is 11.8. The standard InChI is InChI=1S/C4H5BrN2O2S2/c5-4-7-3(1-10-4)2-11(6,8)9/h1H,2H2,(H2,6,8,9). The molecule has 1 aromatic heterocycles. The van der Waals surface area contributed by atoms with E-state index < -0.39 is 10.0 Å². The zero-order valence-electron chi connectivity index (χ0n) is 5.32. The SMILES string of the molecule is NS(=O)(=O)Cc1csc(Br)n1. The van der Waals surface area contributed by atoms with Gasteiger partial charge in [-0.15, -0.1) is 11.3 Å². The second kappa shape index (κ2) is 3.18. The van der Waals surface area contributed by atoms with Crippen LogP contribution in [-0.2, 0) is 15.8 Å². The summed E-state index contributed by atoms with van der Waals surface area (Å²) in [5, 5.41) is 6.45. The molecule has 0 fully saturated rings. The quantitative estimate of drug-likeness (QED) is 0.847. The second-order valence-corrected chi connectivity index (χ2v) is 5.65. The van der Waals surface area contributed by atoms with Gasteiger partial charge < -0.3 is 0 Å². The molecule has 1 heterocycles. The summed E-state index contributed by atoms with van der Waals surface area (Å²) in [7, 11) is -3.44. The smallest absolute Gasteiger partial charge is 0.214 e. The summed E-state index contributed by atoms with van der Waals surface area (Å²) in [6.45, 7) is 0. The maximum absolute atomic E-state index is 10.5. The predicted molar refractivity (Wildman–Crippen MR) is 46.6 cm³/mol. The topological polar surface area (TPSA) is 73.1 Å². The van der Waals surface area contributed by atoms with Gasteiger partial charge in [-0.05, 0) is 15.9 Å². The molecule has 1 aromatic rings. The van der Waals surface area contributed by atoms with Crippen LogP contribution in [0.3, 0.4) is 0 Å². The Labute approximate surface area is 76.6 Å². The minimum absolute atomic E-state index is 0.199. The van der Waals surface area contributed by atoms with Gasteiger partial charge in [0.1, 0.15) is 5.75 Å². The van der Waals surface area contributed by atoms with E-state index in [9.17, 15) is 8.42 Å². The molecule has 7 heteroatoms. The van der Waals surface area contributed by atoms with Crippen LogP contribution < -0.4 is 5.14 Å². The Bertz CT molecular complexity index is 345. The Morgan fingerprint density at radius 3 is 2.73 bits per heavy atom. The number of rotatable bonds is 2. The fourth-order valence-electron chi connectivity index (χ4n) is 0.555. The van der Waals surface area contributed by atoms with E-state index in [1.54, 1.807) is 5.38 Å². The summed E-state index contributed by atoms with van der Waals surface area (Å²) >= 11 is 4.44. The van der Waals surface area contributed by atoms with E-state index in [-0.39, 0.29) is 5.75 Å². The average molecular weight is 257 g/mol. The molecule has 0 unspecified atom stereocenters. The van der Waals surface area contributed by atoms with Gasteiger partial charge in [-0.25, -0.2) is 18.5 Å². The molecule has 62 valence electrons. The van der Waals surface area contributed by atoms with E-state index in [1.807, 2.05) is 0 Å². The van der Waals surface area contributed by atoms with Crippen molar-refractivity contribution in [1.82, 2.24) is 4.98 Å². The monoisotopic (exact) mass is 256 g/mol. The lowest BCUT2D eigenvalue weighted by atomic mass is 10.6. The number of nitrogens with two attached hydrogens (primary N) is 1. The fraction of sp³-hybridized carbons (Fsp3) is 0.250. The van der Waals surface area contributed by atoms with Crippen LogP contribution in [0, 0.1) is 0 Å². The van der Waals surface area contributed by atoms with Crippen LogP contribution in [0.5, 0.6) is 0 Å². The van der Waals surface area contributed by atoms with Crippen molar-refractivity contribution in [3.8, 4) is 0 Å². The molecule has 2 N–H and O–H groups in total. The molecule has 0 radical (unpaired) electrons. The molecular formula is C4H5BrN2O2S2. The van der Waals surface area contributed by atoms with Crippen molar-refractivity contribution in [3.63, 3.8) is 0 Å². The summed E-state index contributed by atoms with van der Waals surface area (Å²) in [4.78, 5) is 3.87. The third kappa shape index (κ3) is 3.28. The van der Waals surface area contributed by atoms with Crippen LogP contribution in [0.2, 0.25) is 0 Å². The van der Waals surface area contributed by atoms with Crippen LogP contribution in [0.1, 0.15) is 5.69 Å². The number of thiazole rings is 1. The minimum atomic E-state index is -3.44. The number of hydrogen-bond donors (Lipinski definition) is 1. The summed E-state index contributed by atoms with van der Waals surface area (Å²) in [6.07, 6.45) is 0. The van der Waals surface area contributed by atoms with Gasteiger partial charge in [0, 0.05) is 5.38 Å². The van der Waals surface area contributed by atoms with Gasteiger partial charge >= 0.3 is 0 Å². The van der Waals surface area contributed by atoms with Crippen LogP contribution in [0.15, 0.2) is 9.30 Å². The molecule has 11 heavy (non-hydrogen) atoms. The van der Waals surface area contributed by atoms with Crippen molar-refractivity contribution < 1.29 is 8.42 Å². The molecule has 1 rings (SSSR count). The van der Waals surface area contributed by atoms with Crippen LogP contribution in [0.4, 0.5) is 0 Å². The molecule has 0 aliphatic rings. The molecule has 0 spiro atoms. The molecule has 0 aromatic carbocycles. The van der Waals surface area contributed by atoms with Crippen LogP contribution >= 0.6 is 27.3 Å². The highest BCUT2D eigenvalue weighted by Gasteiger charge is 2.07. The lowest BCUT2D eigenvalue weighted by molar-refractivity contribution is 0.596. The second-order valence-electron chi connectivity index (χ2n) is 1.90. The molecule has 4 nitrogen and oxygen atoms in total. The van der Waals surface area contributed by atoms with E-state index >= 15 is 0 Å². The Balaban J connectivity index is 2.81. The largest absolute Gasteiger partial charge is 0.233 e. The Morgan fingerprint density at radius 2 is 2.36 bits per heavy atom. The van der Waals surface area contributed by atoms with E-state index in [2.05, 4.69) is 20.9 Å². The van der Waals surface area contributed by atoms with Gasteiger partial charge in [0.2, 0.25) is 10.0 Å². The van der Waals surface area contributed by atoms with Gasteiger partial charge in [0.25, 0.3) is 0 Å². The van der Waals surface area contributed by atoms with Gasteiger partial charge in [-0.3, -0.25) is 0 Å². The molecule has 0 bridgehead atoms. The maximum atomic E-state index is 10.5. The first kappa shape index (κ1) is 9.11. The molecule has 0 saturated heterocycles. The molecule has 0 aliphatic carbocycles. The van der Waals surface area contributed by atoms with E-state index in [4.69, 9.17) is 5.14 Å². The third-order valence-corrected chi connectivity index (χ3v) is 2.98. The number of hydrogen-bond acceptors (Lipinski definition) is 4. The zero-order valence-corrected chi connectivity index (χ0v) is 8.54. The molecule has 0 amide bonds. The molecule has 0 aliphatic heterocycles. The van der Waals surface area contributed by atoms with Gasteiger partial charge in [0.05, 0.1) is 5.69 Å². The van der Waals surface area contributed by atoms with Crippen LogP contribution in [-0.4, -0.2) is 13.4 Å². The fourth-order valence-corrected chi connectivity index (χ4v) is 2.27. The predicted octanol–water partition coefficient (Wildman–Crippen LogP) is 0.694. The van der Waals surface area contributed by atoms with Crippen LogP contribution in [0.25, 0.3) is 0 Å². The number of halogens is 1. The Morgan fingerprint density at radius 1 is 1.73 bits per heavy atom. The van der Waals surface area contributed by atoms with Crippen molar-refractivity contribution in [2.75, 3.05) is 0 Å². The third-order valence-electron chi connectivity index (χ3n) is 0.873. The summed E-state index contributed by atoms with van der Waals surface area (Å²) < 4.78 is 21.7. The number of primary sulfonamides is 1. The highest BCUT2D eigenvalue weighted by Crippen LogP contribution is 2.16. The Kier molecular flexibility index (Phi) is 2.63. The number of nitrogens with zero attached hydrogens (tertiary/aromatic N) is 1. The zero-order chi connectivity index (χ0) is 8.48. The van der Waals surface area contributed by atoms with Crippen molar-refractivity contribution in [2.45, 2.75) is 5.75 Å². The lowest BCUT2D eigenvalue weighted by Crippen LogP contribution is -2.14. The molecule has 0 saturated carbocycles. The van der Waals surface area contributed by atoms with Gasteiger partial charge in [-0.1, -0.05) is 0 Å². The first-order valence-electron chi connectivity index (χ1n) is 2.58. The van der Waals surface area contributed by atoms with Crippen molar-refractivity contribution in [3.05, 3.63) is 15.0 Å². The minimum Gasteiger partial charge on any atom is -0.233 e. The highest BCUT2D eigenvalue weighted by molar-refractivity contribution is 9.11. The van der Waals surface area contributed by atoms with E-state index in [0.717, 1.165) is 0 Å². The van der Waals surface area contributed by atoms with E-state index in [1.165, 1.54) is 11.3 Å². The van der Waals surface area contributed by atoms with Gasteiger partial charge in [0.15, 0.2) is 3.92 Å². The number of sulfonamides is 1. The first-order valence-corrected chi connectivity index (χ1v) is 5.96. The molecular weight excluding hydrogens is 252 g/mol. The first-order chi connectivity index (χ1) is 4.97. The maximum Gasteiger partial charge on any atom is 0.214 e. The highest BCUT2D eigenvalue weighted by atomic mass is 79.9. The summed E-state index contributed by atoms with van der Waals surface area (Å²) in [6, 6.07) is 0. The van der Waals surface area contributed by atoms with Gasteiger partial charge in [-0.2, -0.15) is 0 Å².